The van der Waals surface area contributed by atoms with Gasteiger partial charge in [-0.05, 0) is 31.5 Å². The van der Waals surface area contributed by atoms with Crippen LogP contribution in [0.5, 0.6) is 0 Å². The molecule has 142 valence electrons. The van der Waals surface area contributed by atoms with Crippen LogP contribution in [0, 0.1) is 6.92 Å². The van der Waals surface area contributed by atoms with E-state index < -0.39 is 5.25 Å². The molecule has 2 aromatic heterocycles. The van der Waals surface area contributed by atoms with Gasteiger partial charge in [-0.25, -0.2) is 4.98 Å². The molecule has 7 heteroatoms. The Morgan fingerprint density at radius 2 is 1.89 bits per heavy atom. The van der Waals surface area contributed by atoms with Crippen LogP contribution in [0.4, 0.5) is 0 Å². The lowest BCUT2D eigenvalue weighted by Gasteiger charge is -2.16. The minimum Gasteiger partial charge on any atom is -0.468 e. The Kier molecular flexibility index (Phi) is 4.68. The molecular weight excluding hydrogens is 374 g/mol. The van der Waals surface area contributed by atoms with Crippen LogP contribution in [0.2, 0.25) is 0 Å². The van der Waals surface area contributed by atoms with Crippen LogP contribution in [-0.2, 0) is 9.53 Å². The number of benzene rings is 2. The Hall–Kier alpha value is -3.06. The largest absolute Gasteiger partial charge is 0.468 e. The molecular formula is C21H19N3O3S. The van der Waals surface area contributed by atoms with Gasteiger partial charge in [0.25, 0.3) is 5.56 Å². The van der Waals surface area contributed by atoms with Gasteiger partial charge in [0.15, 0.2) is 5.16 Å². The maximum Gasteiger partial charge on any atom is 0.318 e. The number of aromatic nitrogens is 3. The molecule has 2 aromatic carbocycles. The minimum absolute atomic E-state index is 0.199. The highest BCUT2D eigenvalue weighted by atomic mass is 32.2. The Labute approximate surface area is 165 Å². The highest BCUT2D eigenvalue weighted by Crippen LogP contribution is 2.29. The summed E-state index contributed by atoms with van der Waals surface area (Å²) >= 11 is 1.21. The lowest BCUT2D eigenvalue weighted by Crippen LogP contribution is -2.24. The average molecular weight is 393 g/mol. The number of methoxy groups -OCH3 is 1. The van der Waals surface area contributed by atoms with E-state index in [2.05, 4.69) is 4.98 Å². The Morgan fingerprint density at radius 1 is 1.18 bits per heavy atom. The molecule has 0 unspecified atom stereocenters. The fraction of sp³-hybridized carbons (Fsp3) is 0.190. The first-order valence-electron chi connectivity index (χ1n) is 8.85. The Balaban J connectivity index is 2.04. The Bertz CT molecular complexity index is 1260. The lowest BCUT2D eigenvalue weighted by atomic mass is 10.2. The van der Waals surface area contributed by atoms with Gasteiger partial charge >= 0.3 is 5.97 Å². The van der Waals surface area contributed by atoms with Crippen LogP contribution in [0.25, 0.3) is 27.6 Å². The molecule has 0 radical (unpaired) electrons. The second-order valence-electron chi connectivity index (χ2n) is 6.50. The summed E-state index contributed by atoms with van der Waals surface area (Å²) in [6, 6.07) is 15.3. The van der Waals surface area contributed by atoms with Crippen LogP contribution in [0.1, 0.15) is 12.5 Å². The van der Waals surface area contributed by atoms with E-state index in [9.17, 15) is 9.59 Å². The van der Waals surface area contributed by atoms with Crippen molar-refractivity contribution in [2.24, 2.45) is 0 Å². The summed E-state index contributed by atoms with van der Waals surface area (Å²) in [5.41, 5.74) is 3.37. The first-order valence-corrected chi connectivity index (χ1v) is 9.73. The summed E-state index contributed by atoms with van der Waals surface area (Å²) in [4.78, 5) is 33.4. The number of nitrogens with one attached hydrogen (secondary N) is 1. The van der Waals surface area contributed by atoms with Crippen molar-refractivity contribution in [3.8, 4) is 5.69 Å². The van der Waals surface area contributed by atoms with Crippen molar-refractivity contribution in [2.45, 2.75) is 24.3 Å². The van der Waals surface area contributed by atoms with E-state index in [0.29, 0.717) is 16.2 Å². The number of para-hydroxylation sites is 2. The summed E-state index contributed by atoms with van der Waals surface area (Å²) in [5, 5.41) is 0.823. The van der Waals surface area contributed by atoms with Crippen LogP contribution in [0.15, 0.2) is 58.5 Å². The van der Waals surface area contributed by atoms with Crippen molar-refractivity contribution in [3.63, 3.8) is 0 Å². The number of carbonyl (C=O) groups is 1. The second kappa shape index (κ2) is 7.16. The average Bonchev–Trinajstić information content (AvgIpc) is 3.07. The zero-order valence-electron chi connectivity index (χ0n) is 15.7. The SMILES string of the molecule is COC(=O)[C@@H](C)Sc1nc2c([nH]c3ccccc32)c(=O)n1-c1ccccc1C. The monoisotopic (exact) mass is 393 g/mol. The number of hydrogen-bond acceptors (Lipinski definition) is 5. The maximum absolute atomic E-state index is 13.5. The molecule has 6 nitrogen and oxygen atoms in total. The molecule has 4 rings (SSSR count). The number of thioether (sulfide) groups is 1. The zero-order valence-corrected chi connectivity index (χ0v) is 16.5. The van der Waals surface area contributed by atoms with E-state index in [1.54, 1.807) is 11.5 Å². The smallest absolute Gasteiger partial charge is 0.318 e. The number of nitrogens with zero attached hydrogens (tertiary/aromatic N) is 2. The molecule has 0 spiro atoms. The summed E-state index contributed by atoms with van der Waals surface area (Å²) in [5.74, 6) is -0.366. The molecule has 1 N–H and O–H groups in total. The molecule has 0 saturated carbocycles. The number of ether oxygens (including phenoxy) is 1. The summed E-state index contributed by atoms with van der Waals surface area (Å²) in [6.45, 7) is 3.68. The molecule has 28 heavy (non-hydrogen) atoms. The fourth-order valence-corrected chi connectivity index (χ4v) is 4.16. The number of aromatic amines is 1. The third-order valence-electron chi connectivity index (χ3n) is 4.67. The van der Waals surface area contributed by atoms with Crippen LogP contribution in [0.3, 0.4) is 0 Å². The van der Waals surface area contributed by atoms with Crippen molar-refractivity contribution in [1.29, 1.82) is 0 Å². The van der Waals surface area contributed by atoms with E-state index in [1.165, 1.54) is 18.9 Å². The van der Waals surface area contributed by atoms with E-state index in [0.717, 1.165) is 22.2 Å². The van der Waals surface area contributed by atoms with Gasteiger partial charge in [-0.2, -0.15) is 0 Å². The molecule has 0 amide bonds. The molecule has 2 heterocycles. The number of esters is 1. The number of hydrogen-bond donors (Lipinski definition) is 1. The summed E-state index contributed by atoms with van der Waals surface area (Å²) in [7, 11) is 1.35. The van der Waals surface area contributed by atoms with Gasteiger partial charge in [-0.1, -0.05) is 48.2 Å². The predicted octanol–water partition coefficient (Wildman–Crippen LogP) is 3.83. The van der Waals surface area contributed by atoms with Crippen molar-refractivity contribution < 1.29 is 9.53 Å². The van der Waals surface area contributed by atoms with E-state index in [-0.39, 0.29) is 11.5 Å². The molecule has 0 saturated heterocycles. The first-order chi connectivity index (χ1) is 13.5. The number of aryl methyl sites for hydroxylation is 1. The van der Waals surface area contributed by atoms with Crippen molar-refractivity contribution in [2.75, 3.05) is 7.11 Å². The van der Waals surface area contributed by atoms with E-state index in [4.69, 9.17) is 9.72 Å². The molecule has 0 aliphatic rings. The molecule has 0 aliphatic heterocycles. The highest BCUT2D eigenvalue weighted by molar-refractivity contribution is 8.00. The Morgan fingerprint density at radius 3 is 2.64 bits per heavy atom. The topological polar surface area (TPSA) is 77.0 Å². The van der Waals surface area contributed by atoms with Crippen molar-refractivity contribution >= 4 is 39.7 Å². The highest BCUT2D eigenvalue weighted by Gasteiger charge is 2.22. The fourth-order valence-electron chi connectivity index (χ4n) is 3.22. The van der Waals surface area contributed by atoms with Crippen molar-refractivity contribution in [1.82, 2.24) is 14.5 Å². The zero-order chi connectivity index (χ0) is 19.8. The van der Waals surface area contributed by atoms with E-state index in [1.807, 2.05) is 55.5 Å². The minimum atomic E-state index is -0.505. The molecule has 0 aliphatic carbocycles. The van der Waals surface area contributed by atoms with Gasteiger partial charge < -0.3 is 9.72 Å². The quantitative estimate of drug-likeness (QED) is 0.324. The third kappa shape index (κ3) is 2.97. The van der Waals surface area contributed by atoms with Crippen LogP contribution < -0.4 is 5.56 Å². The molecule has 0 fully saturated rings. The maximum atomic E-state index is 13.5. The predicted molar refractivity (Wildman–Crippen MR) is 111 cm³/mol. The number of fused-ring (bicyclic) bond motifs is 3. The van der Waals surface area contributed by atoms with Gasteiger partial charge in [-0.15, -0.1) is 0 Å². The standard InChI is InChI=1S/C21H19N3O3S/c1-12-8-4-7-11-16(12)24-19(25)18-17(14-9-5-6-10-15(14)22-18)23-21(24)28-13(2)20(26)27-3/h4-11,13,22H,1-3H3/t13-/m1/s1. The first kappa shape index (κ1) is 18.3. The summed E-state index contributed by atoms with van der Waals surface area (Å²) < 4.78 is 6.41. The van der Waals surface area contributed by atoms with Gasteiger partial charge in [0, 0.05) is 10.9 Å². The van der Waals surface area contributed by atoms with E-state index >= 15 is 0 Å². The van der Waals surface area contributed by atoms with Gasteiger partial charge in [0.2, 0.25) is 0 Å². The normalized spacial score (nSPS) is 12.4. The number of H-pyrrole nitrogens is 1. The summed E-state index contributed by atoms with van der Waals surface area (Å²) in [6.07, 6.45) is 0. The van der Waals surface area contributed by atoms with Crippen LogP contribution in [-0.4, -0.2) is 32.9 Å². The van der Waals surface area contributed by atoms with Gasteiger partial charge in [-0.3, -0.25) is 14.2 Å². The lowest BCUT2D eigenvalue weighted by molar-refractivity contribution is -0.139. The number of carbonyl (C=O) groups excluding carboxylic acids is 1. The molecule has 4 aromatic rings. The molecule has 0 bridgehead atoms. The van der Waals surface area contributed by atoms with Crippen molar-refractivity contribution in [3.05, 3.63) is 64.4 Å². The third-order valence-corrected chi connectivity index (χ3v) is 5.70. The number of rotatable bonds is 4. The van der Waals surface area contributed by atoms with Gasteiger partial charge in [0.05, 0.1) is 12.8 Å². The second-order valence-corrected chi connectivity index (χ2v) is 7.81. The molecule has 1 atom stereocenters. The van der Waals surface area contributed by atoms with Crippen LogP contribution >= 0.6 is 11.8 Å². The van der Waals surface area contributed by atoms with Gasteiger partial charge in [0.1, 0.15) is 16.3 Å².